The summed E-state index contributed by atoms with van der Waals surface area (Å²) in [7, 11) is 0. The number of aromatic nitrogens is 3. The van der Waals surface area contributed by atoms with E-state index in [9.17, 15) is 0 Å². The fourth-order valence-electron chi connectivity index (χ4n) is 1.85. The maximum Gasteiger partial charge on any atom is 0.249 e. The van der Waals surface area contributed by atoms with Crippen LogP contribution in [0.4, 0.5) is 17.5 Å². The van der Waals surface area contributed by atoms with E-state index in [4.69, 9.17) is 4.74 Å². The van der Waals surface area contributed by atoms with Gasteiger partial charge in [0, 0.05) is 5.54 Å². The third-order valence-electron chi connectivity index (χ3n) is 2.56. The van der Waals surface area contributed by atoms with Gasteiger partial charge in [-0.2, -0.15) is 10.1 Å². The van der Waals surface area contributed by atoms with E-state index < -0.39 is 0 Å². The van der Waals surface area contributed by atoms with Gasteiger partial charge in [0.25, 0.3) is 0 Å². The molecule has 0 aliphatic heterocycles. The topological polar surface area (TPSA) is 72.0 Å². The Bertz CT molecular complexity index is 622. The van der Waals surface area contributed by atoms with Crippen LogP contribution in [0.25, 0.3) is 0 Å². The number of ether oxygens (including phenoxy) is 1. The second-order valence-corrected chi connectivity index (χ2v) is 6.33. The zero-order valence-electron chi connectivity index (χ0n) is 13.7. The number of benzene rings is 1. The smallest absolute Gasteiger partial charge is 0.249 e. The first-order chi connectivity index (χ1) is 10.3. The molecular formula is C16H23N5O. The number of hydrogen-bond donors (Lipinski definition) is 2. The zero-order chi connectivity index (χ0) is 16.2. The van der Waals surface area contributed by atoms with E-state index >= 15 is 0 Å². The molecule has 2 aromatic rings. The molecule has 0 spiro atoms. The maximum atomic E-state index is 5.77. The standard InChI is InChI=1S/C16H23N5O/c1-11(2)22-13-9-7-6-8-12(13)18-15-19-14(10-17-21-15)20-16(3,4)5/h6-11H,1-5H3,(H2,18,19,20,21). The third-order valence-corrected chi connectivity index (χ3v) is 2.56. The van der Waals surface area contributed by atoms with Crippen LogP contribution >= 0.6 is 0 Å². The third kappa shape index (κ3) is 4.87. The highest BCUT2D eigenvalue weighted by atomic mass is 16.5. The highest BCUT2D eigenvalue weighted by Gasteiger charge is 2.12. The van der Waals surface area contributed by atoms with Crippen molar-refractivity contribution in [1.29, 1.82) is 0 Å². The van der Waals surface area contributed by atoms with Gasteiger partial charge < -0.3 is 15.4 Å². The SMILES string of the molecule is CC(C)Oc1ccccc1Nc1nncc(NC(C)(C)C)n1. The Kier molecular flexibility index (Phi) is 4.80. The summed E-state index contributed by atoms with van der Waals surface area (Å²) < 4.78 is 5.77. The predicted molar refractivity (Wildman–Crippen MR) is 88.7 cm³/mol. The van der Waals surface area contributed by atoms with E-state index in [1.807, 2.05) is 38.1 Å². The molecule has 22 heavy (non-hydrogen) atoms. The lowest BCUT2D eigenvalue weighted by atomic mass is 10.1. The Labute approximate surface area is 131 Å². The molecule has 0 atom stereocenters. The van der Waals surface area contributed by atoms with E-state index in [1.165, 1.54) is 0 Å². The summed E-state index contributed by atoms with van der Waals surface area (Å²) in [6, 6.07) is 7.69. The Balaban J connectivity index is 2.19. The molecule has 0 amide bonds. The van der Waals surface area contributed by atoms with E-state index in [2.05, 4.69) is 46.6 Å². The molecule has 118 valence electrons. The van der Waals surface area contributed by atoms with Gasteiger partial charge in [-0.05, 0) is 46.8 Å². The number of para-hydroxylation sites is 2. The molecule has 1 aromatic heterocycles. The molecule has 2 rings (SSSR count). The summed E-state index contributed by atoms with van der Waals surface area (Å²) in [5, 5.41) is 14.4. The molecule has 1 aromatic carbocycles. The summed E-state index contributed by atoms with van der Waals surface area (Å²) >= 11 is 0. The van der Waals surface area contributed by atoms with Gasteiger partial charge in [-0.3, -0.25) is 0 Å². The normalized spacial score (nSPS) is 11.4. The molecule has 0 saturated heterocycles. The molecule has 0 unspecified atom stereocenters. The largest absolute Gasteiger partial charge is 0.489 e. The van der Waals surface area contributed by atoms with Crippen molar-refractivity contribution in [3.63, 3.8) is 0 Å². The minimum absolute atomic E-state index is 0.0913. The van der Waals surface area contributed by atoms with Crippen molar-refractivity contribution < 1.29 is 4.74 Å². The van der Waals surface area contributed by atoms with Crippen molar-refractivity contribution in [2.75, 3.05) is 10.6 Å². The minimum atomic E-state index is -0.0913. The minimum Gasteiger partial charge on any atom is -0.489 e. The quantitative estimate of drug-likeness (QED) is 0.879. The van der Waals surface area contributed by atoms with Gasteiger partial charge in [-0.25, -0.2) is 0 Å². The molecule has 0 saturated carbocycles. The van der Waals surface area contributed by atoms with Gasteiger partial charge >= 0.3 is 0 Å². The van der Waals surface area contributed by atoms with Crippen LogP contribution in [-0.4, -0.2) is 26.8 Å². The van der Waals surface area contributed by atoms with E-state index in [0.717, 1.165) is 11.4 Å². The van der Waals surface area contributed by atoms with Crippen molar-refractivity contribution >= 4 is 17.5 Å². The Morgan fingerprint density at radius 3 is 2.55 bits per heavy atom. The number of nitrogens with one attached hydrogen (secondary N) is 2. The average molecular weight is 301 g/mol. The van der Waals surface area contributed by atoms with Crippen molar-refractivity contribution in [3.8, 4) is 5.75 Å². The van der Waals surface area contributed by atoms with Gasteiger partial charge in [0.1, 0.15) is 5.75 Å². The lowest BCUT2D eigenvalue weighted by Crippen LogP contribution is -2.27. The summed E-state index contributed by atoms with van der Waals surface area (Å²) in [4.78, 5) is 4.42. The van der Waals surface area contributed by atoms with Crippen LogP contribution in [0.3, 0.4) is 0 Å². The van der Waals surface area contributed by atoms with Crippen molar-refractivity contribution in [1.82, 2.24) is 15.2 Å². The van der Waals surface area contributed by atoms with Crippen LogP contribution in [0.2, 0.25) is 0 Å². The van der Waals surface area contributed by atoms with Gasteiger partial charge in [-0.15, -0.1) is 5.10 Å². The molecule has 0 radical (unpaired) electrons. The van der Waals surface area contributed by atoms with Crippen LogP contribution in [0, 0.1) is 0 Å². The van der Waals surface area contributed by atoms with Gasteiger partial charge in [0.05, 0.1) is 18.0 Å². The highest BCUT2D eigenvalue weighted by molar-refractivity contribution is 5.62. The van der Waals surface area contributed by atoms with E-state index in [-0.39, 0.29) is 11.6 Å². The number of rotatable bonds is 5. The molecule has 6 nitrogen and oxygen atoms in total. The van der Waals surface area contributed by atoms with Gasteiger partial charge in [0.15, 0.2) is 5.82 Å². The van der Waals surface area contributed by atoms with Crippen molar-refractivity contribution in [2.45, 2.75) is 46.3 Å². The van der Waals surface area contributed by atoms with Crippen LogP contribution in [0.5, 0.6) is 5.75 Å². The summed E-state index contributed by atoms with van der Waals surface area (Å²) in [6.45, 7) is 10.2. The summed E-state index contributed by atoms with van der Waals surface area (Å²) in [5.74, 6) is 1.86. The first-order valence-corrected chi connectivity index (χ1v) is 7.34. The maximum absolute atomic E-state index is 5.77. The van der Waals surface area contributed by atoms with Crippen LogP contribution in [-0.2, 0) is 0 Å². The Morgan fingerprint density at radius 1 is 1.14 bits per heavy atom. The number of hydrogen-bond acceptors (Lipinski definition) is 6. The summed E-state index contributed by atoms with van der Waals surface area (Å²) in [6.07, 6.45) is 1.70. The molecule has 0 bridgehead atoms. The van der Waals surface area contributed by atoms with Crippen LogP contribution in [0.15, 0.2) is 30.5 Å². The zero-order valence-corrected chi connectivity index (χ0v) is 13.7. The molecule has 0 fully saturated rings. The lowest BCUT2D eigenvalue weighted by molar-refractivity contribution is 0.244. The monoisotopic (exact) mass is 301 g/mol. The molecular weight excluding hydrogens is 278 g/mol. The second-order valence-electron chi connectivity index (χ2n) is 6.33. The highest BCUT2D eigenvalue weighted by Crippen LogP contribution is 2.27. The molecule has 0 aliphatic rings. The molecule has 0 aliphatic carbocycles. The fraction of sp³-hybridized carbons (Fsp3) is 0.438. The lowest BCUT2D eigenvalue weighted by Gasteiger charge is -2.21. The Morgan fingerprint density at radius 2 is 1.86 bits per heavy atom. The van der Waals surface area contributed by atoms with E-state index in [1.54, 1.807) is 6.20 Å². The fourth-order valence-corrected chi connectivity index (χ4v) is 1.85. The van der Waals surface area contributed by atoms with Crippen LogP contribution < -0.4 is 15.4 Å². The number of anilines is 3. The second kappa shape index (κ2) is 6.60. The average Bonchev–Trinajstić information content (AvgIpc) is 2.39. The van der Waals surface area contributed by atoms with Gasteiger partial charge in [0.2, 0.25) is 5.95 Å². The number of nitrogens with zero attached hydrogens (tertiary/aromatic N) is 3. The predicted octanol–water partition coefficient (Wildman–Crippen LogP) is 3.61. The first kappa shape index (κ1) is 16.0. The first-order valence-electron chi connectivity index (χ1n) is 7.34. The van der Waals surface area contributed by atoms with Gasteiger partial charge in [-0.1, -0.05) is 12.1 Å². The van der Waals surface area contributed by atoms with Crippen molar-refractivity contribution in [3.05, 3.63) is 30.5 Å². The Hall–Kier alpha value is -2.37. The van der Waals surface area contributed by atoms with Crippen molar-refractivity contribution in [2.24, 2.45) is 0 Å². The molecule has 1 heterocycles. The molecule has 2 N–H and O–H groups in total. The van der Waals surface area contributed by atoms with Crippen LogP contribution in [0.1, 0.15) is 34.6 Å². The van der Waals surface area contributed by atoms with E-state index in [0.29, 0.717) is 11.8 Å². The summed E-state index contributed by atoms with van der Waals surface area (Å²) in [5.41, 5.74) is 0.720. The molecule has 6 heteroatoms.